The van der Waals surface area contributed by atoms with Gasteiger partial charge < -0.3 is 22.1 Å². The molecule has 6 N–H and O–H groups in total. The highest BCUT2D eigenvalue weighted by Crippen LogP contribution is 2.34. The van der Waals surface area contributed by atoms with Crippen LogP contribution in [0.3, 0.4) is 0 Å². The lowest BCUT2D eigenvalue weighted by molar-refractivity contribution is -0.114. The topological polar surface area (TPSA) is 149 Å². The molecule has 0 radical (unpaired) electrons. The number of nitrogens with two attached hydrogens (primary N) is 2. The van der Waals surface area contributed by atoms with E-state index in [-0.39, 0.29) is 11.8 Å². The van der Waals surface area contributed by atoms with Crippen LogP contribution in [0, 0.1) is 12.8 Å². The first-order valence-electron chi connectivity index (χ1n) is 11.2. The Morgan fingerprint density at radius 3 is 2.54 bits per heavy atom. The molecule has 1 fully saturated rings. The van der Waals surface area contributed by atoms with E-state index in [0.29, 0.717) is 45.8 Å². The van der Waals surface area contributed by atoms with Crippen molar-refractivity contribution in [2.45, 2.75) is 26.7 Å². The Bertz CT molecular complexity index is 1340. The van der Waals surface area contributed by atoms with Crippen molar-refractivity contribution in [2.24, 2.45) is 17.4 Å². The fourth-order valence-electron chi connectivity index (χ4n) is 3.55. The Morgan fingerprint density at radius 2 is 1.83 bits per heavy atom. The number of pyridine rings is 1. The number of nitrogens with zero attached hydrogens (tertiary/aromatic N) is 3. The average Bonchev–Trinajstić information content (AvgIpc) is 3.69. The average molecular weight is 470 g/mol. The van der Waals surface area contributed by atoms with Crippen molar-refractivity contribution in [1.29, 1.82) is 0 Å². The van der Waals surface area contributed by atoms with E-state index in [1.807, 2.05) is 25.1 Å². The Kier molecular flexibility index (Phi) is 6.86. The van der Waals surface area contributed by atoms with Crippen LogP contribution in [0.15, 0.2) is 72.3 Å². The first-order valence-corrected chi connectivity index (χ1v) is 11.2. The van der Waals surface area contributed by atoms with Gasteiger partial charge in [-0.05, 0) is 67.7 Å². The molecular weight excluding hydrogens is 442 g/mol. The largest absolute Gasteiger partial charge is 0.404 e. The second-order valence-corrected chi connectivity index (χ2v) is 8.40. The van der Waals surface area contributed by atoms with Gasteiger partial charge in [-0.15, -0.1) is 0 Å². The molecule has 9 nitrogen and oxygen atoms in total. The maximum Gasteiger partial charge on any atom is 0.257 e. The molecule has 9 heteroatoms. The van der Waals surface area contributed by atoms with E-state index in [4.69, 9.17) is 16.5 Å². The van der Waals surface area contributed by atoms with E-state index in [2.05, 4.69) is 20.6 Å². The van der Waals surface area contributed by atoms with Crippen LogP contribution >= 0.6 is 0 Å². The van der Waals surface area contributed by atoms with Crippen molar-refractivity contribution >= 4 is 23.3 Å². The normalized spacial score (nSPS) is 13.9. The van der Waals surface area contributed by atoms with Crippen LogP contribution in [-0.4, -0.2) is 26.8 Å². The highest BCUT2D eigenvalue weighted by Gasteiger charge is 2.24. The summed E-state index contributed by atoms with van der Waals surface area (Å²) in [5.41, 5.74) is 16.5. The van der Waals surface area contributed by atoms with Crippen LogP contribution in [0.25, 0.3) is 22.6 Å². The third-order valence-corrected chi connectivity index (χ3v) is 5.56. The Morgan fingerprint density at radius 1 is 1.06 bits per heavy atom. The van der Waals surface area contributed by atoms with Crippen LogP contribution in [0.1, 0.15) is 25.3 Å². The number of nitrogens with one attached hydrogen (secondary N) is 2. The van der Waals surface area contributed by atoms with Crippen molar-refractivity contribution in [1.82, 2.24) is 15.0 Å². The molecule has 4 rings (SSSR count). The van der Waals surface area contributed by atoms with Crippen LogP contribution in [-0.2, 0) is 9.59 Å². The highest BCUT2D eigenvalue weighted by atomic mass is 16.2. The van der Waals surface area contributed by atoms with Gasteiger partial charge >= 0.3 is 0 Å². The number of benzene rings is 1. The fourth-order valence-corrected chi connectivity index (χ4v) is 3.55. The summed E-state index contributed by atoms with van der Waals surface area (Å²) in [4.78, 5) is 37.4. The van der Waals surface area contributed by atoms with Crippen LogP contribution in [0.5, 0.6) is 0 Å². The summed E-state index contributed by atoms with van der Waals surface area (Å²) in [6.45, 7) is 3.39. The number of aromatic nitrogens is 3. The monoisotopic (exact) mass is 469 g/mol. The van der Waals surface area contributed by atoms with Gasteiger partial charge in [-0.2, -0.15) is 0 Å². The van der Waals surface area contributed by atoms with E-state index in [1.165, 1.54) is 13.1 Å². The second kappa shape index (κ2) is 10.2. The summed E-state index contributed by atoms with van der Waals surface area (Å²) in [7, 11) is 0. The molecule has 178 valence electrons. The van der Waals surface area contributed by atoms with Gasteiger partial charge in [0.15, 0.2) is 5.82 Å². The Balaban J connectivity index is 1.59. The molecule has 35 heavy (non-hydrogen) atoms. The summed E-state index contributed by atoms with van der Waals surface area (Å²) in [6, 6.07) is 10.9. The lowest BCUT2D eigenvalue weighted by atomic mass is 10.0. The number of anilines is 2. The van der Waals surface area contributed by atoms with Gasteiger partial charge in [-0.25, -0.2) is 15.0 Å². The van der Waals surface area contributed by atoms with Gasteiger partial charge in [0.2, 0.25) is 5.91 Å². The SMILES string of the molecule is CC(=O)Nc1cc(-c2nccc(-c3cc(NC(=O)C(/C=C(\N)C4CC4)=C/N)ccc3C)n2)ccn1. The summed E-state index contributed by atoms with van der Waals surface area (Å²) in [6.07, 6.45) is 8.24. The first kappa shape index (κ1) is 23.6. The molecule has 0 saturated heterocycles. The Labute approximate surface area is 203 Å². The number of hydrogen-bond donors (Lipinski definition) is 4. The summed E-state index contributed by atoms with van der Waals surface area (Å²) in [5.74, 6) is 0.698. The molecule has 2 aromatic heterocycles. The molecule has 3 aromatic rings. The number of amides is 2. The van der Waals surface area contributed by atoms with Crippen LogP contribution in [0.2, 0.25) is 0 Å². The van der Waals surface area contributed by atoms with Gasteiger partial charge in [0.05, 0.1) is 11.3 Å². The summed E-state index contributed by atoms with van der Waals surface area (Å²) in [5, 5.41) is 5.55. The van der Waals surface area contributed by atoms with Crippen molar-refractivity contribution in [2.75, 3.05) is 10.6 Å². The van der Waals surface area contributed by atoms with Crippen molar-refractivity contribution < 1.29 is 9.59 Å². The highest BCUT2D eigenvalue weighted by molar-refractivity contribution is 6.06. The first-order chi connectivity index (χ1) is 16.8. The molecule has 1 saturated carbocycles. The predicted molar refractivity (Wildman–Crippen MR) is 136 cm³/mol. The molecule has 2 heterocycles. The minimum Gasteiger partial charge on any atom is -0.404 e. The lowest BCUT2D eigenvalue weighted by Gasteiger charge is -2.12. The van der Waals surface area contributed by atoms with Gasteiger partial charge in [0, 0.05) is 48.0 Å². The minimum absolute atomic E-state index is 0.211. The third kappa shape index (κ3) is 5.89. The van der Waals surface area contributed by atoms with Gasteiger partial charge in [0.25, 0.3) is 5.91 Å². The number of aryl methyl sites for hydroxylation is 1. The number of hydrogen-bond acceptors (Lipinski definition) is 7. The number of rotatable bonds is 7. The lowest BCUT2D eigenvalue weighted by Crippen LogP contribution is -2.16. The molecule has 0 aliphatic heterocycles. The van der Waals surface area contributed by atoms with E-state index in [0.717, 1.165) is 24.0 Å². The van der Waals surface area contributed by atoms with Crippen molar-refractivity contribution in [3.63, 3.8) is 0 Å². The maximum absolute atomic E-state index is 12.8. The van der Waals surface area contributed by atoms with Crippen LogP contribution in [0.4, 0.5) is 11.5 Å². The van der Waals surface area contributed by atoms with E-state index in [1.54, 1.807) is 36.7 Å². The Hall–Kier alpha value is -4.53. The zero-order valence-electron chi connectivity index (χ0n) is 19.6. The molecule has 1 aliphatic carbocycles. The van der Waals surface area contributed by atoms with E-state index < -0.39 is 0 Å². The number of carbonyl (C=O) groups is 2. The van der Waals surface area contributed by atoms with E-state index in [9.17, 15) is 9.59 Å². The summed E-state index contributed by atoms with van der Waals surface area (Å²) >= 11 is 0. The molecule has 0 bridgehead atoms. The zero-order chi connectivity index (χ0) is 24.9. The zero-order valence-corrected chi connectivity index (χ0v) is 19.6. The minimum atomic E-state index is -0.337. The van der Waals surface area contributed by atoms with Crippen LogP contribution < -0.4 is 22.1 Å². The quantitative estimate of drug-likeness (QED) is 0.305. The fraction of sp³-hybridized carbons (Fsp3) is 0.192. The molecule has 1 aromatic carbocycles. The molecule has 1 aliphatic rings. The molecule has 0 spiro atoms. The molecular formula is C26H27N7O2. The smallest absolute Gasteiger partial charge is 0.257 e. The maximum atomic E-state index is 12.8. The number of allylic oxidation sites excluding steroid dienone is 1. The molecule has 0 unspecified atom stereocenters. The van der Waals surface area contributed by atoms with Crippen molar-refractivity contribution in [3.05, 3.63) is 77.9 Å². The van der Waals surface area contributed by atoms with E-state index >= 15 is 0 Å². The van der Waals surface area contributed by atoms with Gasteiger partial charge in [-0.3, -0.25) is 9.59 Å². The second-order valence-electron chi connectivity index (χ2n) is 8.40. The van der Waals surface area contributed by atoms with Gasteiger partial charge in [-0.1, -0.05) is 6.07 Å². The number of carbonyl (C=O) groups excluding carboxylic acids is 2. The standard InChI is InChI=1S/C26H27N7O2/c1-15-3-6-20(32-26(35)19(14-27)11-22(28)17-4-5-17)13-21(15)23-8-10-30-25(33-23)18-7-9-29-24(12-18)31-16(2)34/h3,6-14,17H,4-5,27-28H2,1-2H3,(H,32,35)(H,29,31,34)/b19-14+,22-11-. The van der Waals surface area contributed by atoms with Crippen molar-refractivity contribution in [3.8, 4) is 22.6 Å². The molecule has 0 atom stereocenters. The van der Waals surface area contributed by atoms with Gasteiger partial charge in [0.1, 0.15) is 5.82 Å². The third-order valence-electron chi connectivity index (χ3n) is 5.56. The summed E-state index contributed by atoms with van der Waals surface area (Å²) < 4.78 is 0. The molecule has 2 amide bonds. The predicted octanol–water partition coefficient (Wildman–Crippen LogP) is 3.51.